The smallest absolute Gasteiger partial charge is 0.429 e. The molecule has 1 unspecified atom stereocenters. The number of aryl methyl sites for hydroxylation is 1. The third-order valence-electron chi connectivity index (χ3n) is 2.46. The highest BCUT2D eigenvalue weighted by atomic mass is 16.7. The van der Waals surface area contributed by atoms with E-state index in [0.29, 0.717) is 6.42 Å². The lowest BCUT2D eigenvalue weighted by atomic mass is 10.1. The van der Waals surface area contributed by atoms with Crippen LogP contribution >= 0.6 is 0 Å². The lowest BCUT2D eigenvalue weighted by Crippen LogP contribution is -2.27. The number of hydrogen-bond donors (Lipinski definition) is 0. The zero-order chi connectivity index (χ0) is 14.3. The molecule has 0 N–H and O–H groups in total. The molecule has 0 saturated carbocycles. The van der Waals surface area contributed by atoms with Gasteiger partial charge < -0.3 is 9.47 Å². The standard InChI is InChI=1S/C16H22O3/c1-5-14(18-15(17)19-16(2,3)4)12-11-13-9-7-6-8-10-13/h5-10,14H,1,11-12H2,2-4H3. The summed E-state index contributed by atoms with van der Waals surface area (Å²) in [5.74, 6) is 0. The summed E-state index contributed by atoms with van der Waals surface area (Å²) < 4.78 is 10.3. The molecule has 0 saturated heterocycles. The van der Waals surface area contributed by atoms with Crippen LogP contribution in [-0.2, 0) is 15.9 Å². The van der Waals surface area contributed by atoms with E-state index in [-0.39, 0.29) is 6.10 Å². The van der Waals surface area contributed by atoms with Gasteiger partial charge in [-0.2, -0.15) is 0 Å². The van der Waals surface area contributed by atoms with Gasteiger partial charge in [0.05, 0.1) is 0 Å². The molecule has 0 aliphatic rings. The van der Waals surface area contributed by atoms with Gasteiger partial charge in [0.1, 0.15) is 11.7 Å². The van der Waals surface area contributed by atoms with Crippen molar-refractivity contribution < 1.29 is 14.3 Å². The molecule has 0 amide bonds. The lowest BCUT2D eigenvalue weighted by molar-refractivity contribution is -0.0193. The van der Waals surface area contributed by atoms with E-state index in [1.807, 2.05) is 30.3 Å². The minimum Gasteiger partial charge on any atom is -0.429 e. The first-order valence-electron chi connectivity index (χ1n) is 6.47. The van der Waals surface area contributed by atoms with Crippen molar-refractivity contribution >= 4 is 6.16 Å². The van der Waals surface area contributed by atoms with Crippen LogP contribution in [-0.4, -0.2) is 17.9 Å². The van der Waals surface area contributed by atoms with Crippen molar-refractivity contribution in [2.75, 3.05) is 0 Å². The Morgan fingerprint density at radius 1 is 1.32 bits per heavy atom. The maximum atomic E-state index is 11.5. The van der Waals surface area contributed by atoms with E-state index in [4.69, 9.17) is 9.47 Å². The molecule has 0 radical (unpaired) electrons. The molecule has 0 spiro atoms. The Bertz CT molecular complexity index is 404. The van der Waals surface area contributed by atoms with E-state index in [9.17, 15) is 4.79 Å². The molecule has 3 nitrogen and oxygen atoms in total. The van der Waals surface area contributed by atoms with Gasteiger partial charge in [-0.1, -0.05) is 43.0 Å². The van der Waals surface area contributed by atoms with Crippen molar-refractivity contribution in [1.29, 1.82) is 0 Å². The number of ether oxygens (including phenoxy) is 2. The van der Waals surface area contributed by atoms with E-state index in [0.717, 1.165) is 6.42 Å². The molecule has 0 aliphatic carbocycles. The van der Waals surface area contributed by atoms with Gasteiger partial charge >= 0.3 is 6.16 Å². The zero-order valence-electron chi connectivity index (χ0n) is 11.9. The van der Waals surface area contributed by atoms with Crippen molar-refractivity contribution in [2.24, 2.45) is 0 Å². The van der Waals surface area contributed by atoms with E-state index in [1.54, 1.807) is 26.8 Å². The highest BCUT2D eigenvalue weighted by molar-refractivity contribution is 5.60. The molecule has 1 rings (SSSR count). The van der Waals surface area contributed by atoms with Gasteiger partial charge in [0.25, 0.3) is 0 Å². The van der Waals surface area contributed by atoms with Crippen molar-refractivity contribution in [3.05, 3.63) is 48.6 Å². The molecular formula is C16H22O3. The summed E-state index contributed by atoms with van der Waals surface area (Å²) in [4.78, 5) is 11.5. The first kappa shape index (κ1) is 15.3. The summed E-state index contributed by atoms with van der Waals surface area (Å²) in [5.41, 5.74) is 0.671. The van der Waals surface area contributed by atoms with Crippen LogP contribution in [0.5, 0.6) is 0 Å². The molecule has 0 aromatic heterocycles. The molecule has 1 aromatic rings. The Kier molecular flexibility index (Phi) is 5.61. The van der Waals surface area contributed by atoms with Crippen molar-refractivity contribution in [3.63, 3.8) is 0 Å². The SMILES string of the molecule is C=CC(CCc1ccccc1)OC(=O)OC(C)(C)C. The van der Waals surface area contributed by atoms with Crippen LogP contribution in [0.2, 0.25) is 0 Å². The predicted octanol–water partition coefficient (Wildman–Crippen LogP) is 4.13. The molecular weight excluding hydrogens is 240 g/mol. The highest BCUT2D eigenvalue weighted by Gasteiger charge is 2.19. The Morgan fingerprint density at radius 2 is 1.95 bits per heavy atom. The van der Waals surface area contributed by atoms with Gasteiger partial charge in [-0.15, -0.1) is 0 Å². The predicted molar refractivity (Wildman–Crippen MR) is 76.1 cm³/mol. The van der Waals surface area contributed by atoms with Gasteiger partial charge in [0.15, 0.2) is 0 Å². The second kappa shape index (κ2) is 6.98. The highest BCUT2D eigenvalue weighted by Crippen LogP contribution is 2.12. The summed E-state index contributed by atoms with van der Waals surface area (Å²) in [6.45, 7) is 9.11. The fraction of sp³-hybridized carbons (Fsp3) is 0.438. The second-order valence-electron chi connectivity index (χ2n) is 5.38. The summed E-state index contributed by atoms with van der Waals surface area (Å²) in [6, 6.07) is 10.1. The van der Waals surface area contributed by atoms with E-state index >= 15 is 0 Å². The molecule has 104 valence electrons. The third-order valence-corrected chi connectivity index (χ3v) is 2.46. The van der Waals surface area contributed by atoms with Crippen LogP contribution in [0.3, 0.4) is 0 Å². The minimum absolute atomic E-state index is 0.324. The number of carbonyl (C=O) groups is 1. The fourth-order valence-corrected chi connectivity index (χ4v) is 1.58. The Balaban J connectivity index is 2.42. The quantitative estimate of drug-likeness (QED) is 0.591. The number of benzene rings is 1. The van der Waals surface area contributed by atoms with E-state index in [1.165, 1.54) is 5.56 Å². The maximum absolute atomic E-state index is 11.5. The number of hydrogen-bond acceptors (Lipinski definition) is 3. The molecule has 19 heavy (non-hydrogen) atoms. The molecule has 1 aromatic carbocycles. The average Bonchev–Trinajstić information content (AvgIpc) is 2.33. The zero-order valence-corrected chi connectivity index (χ0v) is 11.9. The minimum atomic E-state index is -0.648. The maximum Gasteiger partial charge on any atom is 0.509 e. The van der Waals surface area contributed by atoms with Crippen LogP contribution < -0.4 is 0 Å². The van der Waals surface area contributed by atoms with Gasteiger partial charge in [0.2, 0.25) is 0 Å². The Labute approximate surface area is 115 Å². The number of rotatable bonds is 5. The van der Waals surface area contributed by atoms with Gasteiger partial charge in [-0.05, 0) is 39.2 Å². The largest absolute Gasteiger partial charge is 0.509 e. The van der Waals surface area contributed by atoms with Crippen molar-refractivity contribution in [3.8, 4) is 0 Å². The van der Waals surface area contributed by atoms with Crippen LogP contribution in [0, 0.1) is 0 Å². The van der Waals surface area contributed by atoms with Crippen LogP contribution in [0.1, 0.15) is 32.8 Å². The first-order valence-corrected chi connectivity index (χ1v) is 6.47. The Hall–Kier alpha value is -1.77. The van der Waals surface area contributed by atoms with Crippen LogP contribution in [0.15, 0.2) is 43.0 Å². The monoisotopic (exact) mass is 262 g/mol. The first-order chi connectivity index (χ1) is 8.90. The second-order valence-corrected chi connectivity index (χ2v) is 5.38. The fourth-order valence-electron chi connectivity index (χ4n) is 1.58. The Morgan fingerprint density at radius 3 is 2.47 bits per heavy atom. The number of carbonyl (C=O) groups excluding carboxylic acids is 1. The van der Waals surface area contributed by atoms with Crippen molar-refractivity contribution in [1.82, 2.24) is 0 Å². The normalized spacial score (nSPS) is 12.6. The van der Waals surface area contributed by atoms with Crippen LogP contribution in [0.25, 0.3) is 0 Å². The summed E-state index contributed by atoms with van der Waals surface area (Å²) in [7, 11) is 0. The van der Waals surface area contributed by atoms with E-state index in [2.05, 4.69) is 6.58 Å². The molecule has 0 aliphatic heterocycles. The molecule has 3 heteroatoms. The summed E-state index contributed by atoms with van der Waals surface area (Å²) in [5, 5.41) is 0. The van der Waals surface area contributed by atoms with Gasteiger partial charge in [-0.25, -0.2) is 4.79 Å². The lowest BCUT2D eigenvalue weighted by Gasteiger charge is -2.21. The average molecular weight is 262 g/mol. The molecule has 0 fully saturated rings. The third kappa shape index (κ3) is 6.65. The summed E-state index contributed by atoms with van der Waals surface area (Å²) >= 11 is 0. The summed E-state index contributed by atoms with van der Waals surface area (Å²) in [6.07, 6.45) is 2.19. The molecule has 0 heterocycles. The molecule has 1 atom stereocenters. The van der Waals surface area contributed by atoms with Gasteiger partial charge in [0, 0.05) is 0 Å². The van der Waals surface area contributed by atoms with Gasteiger partial charge in [-0.3, -0.25) is 0 Å². The van der Waals surface area contributed by atoms with Crippen LogP contribution in [0.4, 0.5) is 4.79 Å². The van der Waals surface area contributed by atoms with Crippen molar-refractivity contribution in [2.45, 2.75) is 45.3 Å². The molecule has 0 bridgehead atoms. The topological polar surface area (TPSA) is 35.5 Å². The van der Waals surface area contributed by atoms with E-state index < -0.39 is 11.8 Å².